The number of carbonyl (C=O) groups is 2. The predicted octanol–water partition coefficient (Wildman–Crippen LogP) is 3.86. The van der Waals surface area contributed by atoms with Gasteiger partial charge in [-0.3, -0.25) is 14.7 Å². The molecule has 6 bridgehead atoms. The number of carbonyl (C=O) groups excluding carboxylic acids is 2. The quantitative estimate of drug-likeness (QED) is 0.249. The SMILES string of the molecule is CCN1C[C@@](C)(OC(=O)c2ccccc2NC(=O)/C=C/c2ccnc(C)c2)[C@H]2CC3[C@H]1C2([C@H](C)OC)[C@@H]1C[C@@H]2[C@@H](OC)C[C@@]3(O)[C@@]1(O)[C@H]2OC. The van der Waals surface area contributed by atoms with Gasteiger partial charge in [0.15, 0.2) is 0 Å². The van der Waals surface area contributed by atoms with E-state index in [4.69, 9.17) is 18.9 Å². The molecule has 0 radical (unpaired) electrons. The number of ether oxygens (including phenoxy) is 4. The van der Waals surface area contributed by atoms with Crippen LogP contribution in [0.25, 0.3) is 6.08 Å². The van der Waals surface area contributed by atoms with E-state index in [1.807, 2.05) is 26.0 Å². The number of para-hydroxylation sites is 1. The van der Waals surface area contributed by atoms with Crippen LogP contribution in [0, 0.1) is 36.0 Å². The summed E-state index contributed by atoms with van der Waals surface area (Å²) in [7, 11) is 4.98. The standard InChI is InChI=1S/C39H51N3O8/c1-8-42-21-36(4,50-35(44)25-11-9-10-12-28(25)41-32(43)14-13-24-15-16-40-22(2)17-24)30-19-27-33(42)38(30,23(3)47-5)31-18-26-29(48-6)20-37(27,45)39(31,46)34(26)49-7/h9-17,23,26-27,29-31,33-34,45-46H,8,18-21H2,1-7H3,(H,41,43)/b14-13+/t23-,26+,27?,29-,30+,31-,33-,34-,36+,37-,38?,39-/m0/s1. The van der Waals surface area contributed by atoms with Crippen molar-refractivity contribution in [3.8, 4) is 0 Å². The Bertz CT molecular complexity index is 1690. The molecule has 2 unspecified atom stereocenters. The topological polar surface area (TPSA) is 140 Å². The van der Waals surface area contributed by atoms with Gasteiger partial charge in [0.05, 0.1) is 29.6 Å². The molecular weight excluding hydrogens is 638 g/mol. The minimum atomic E-state index is -1.54. The highest BCUT2D eigenvalue weighted by Crippen LogP contribution is 2.77. The van der Waals surface area contributed by atoms with Crippen molar-refractivity contribution in [1.82, 2.24) is 9.88 Å². The lowest BCUT2D eigenvalue weighted by molar-refractivity contribution is -0.328. The van der Waals surface area contributed by atoms with E-state index in [0.29, 0.717) is 38.0 Å². The maximum absolute atomic E-state index is 14.3. The highest BCUT2D eigenvalue weighted by Gasteiger charge is 2.87. The smallest absolute Gasteiger partial charge is 0.340 e. The van der Waals surface area contributed by atoms with Crippen LogP contribution in [0.5, 0.6) is 0 Å². The number of benzene rings is 1. The second kappa shape index (κ2) is 12.5. The van der Waals surface area contributed by atoms with Crippen molar-refractivity contribution in [1.29, 1.82) is 0 Å². The van der Waals surface area contributed by atoms with Crippen molar-refractivity contribution in [2.45, 2.75) is 88.1 Å². The van der Waals surface area contributed by atoms with Crippen LogP contribution in [-0.2, 0) is 23.7 Å². The fourth-order valence-electron chi connectivity index (χ4n) is 11.7. The molecule has 1 aromatic carbocycles. The molecule has 1 amide bonds. The van der Waals surface area contributed by atoms with Gasteiger partial charge in [-0.1, -0.05) is 19.1 Å². The first kappa shape index (κ1) is 35.2. The lowest BCUT2D eigenvalue weighted by atomic mass is 9.46. The number of aromatic nitrogens is 1. The van der Waals surface area contributed by atoms with Crippen molar-refractivity contribution in [3.63, 3.8) is 0 Å². The number of likely N-dealkylation sites (tertiary alicyclic amines) is 1. The van der Waals surface area contributed by atoms with Gasteiger partial charge in [-0.25, -0.2) is 4.79 Å². The van der Waals surface area contributed by atoms with Crippen molar-refractivity contribution < 1.29 is 38.7 Å². The summed E-state index contributed by atoms with van der Waals surface area (Å²) >= 11 is 0. The van der Waals surface area contributed by atoms with Gasteiger partial charge in [-0.2, -0.15) is 0 Å². The van der Waals surface area contributed by atoms with E-state index in [0.717, 1.165) is 11.3 Å². The van der Waals surface area contributed by atoms with Crippen molar-refractivity contribution >= 4 is 23.6 Å². The number of piperidine rings is 1. The highest BCUT2D eigenvalue weighted by atomic mass is 16.6. The van der Waals surface area contributed by atoms with Gasteiger partial charge in [0.25, 0.3) is 0 Å². The van der Waals surface area contributed by atoms with Crippen LogP contribution in [0.2, 0.25) is 0 Å². The Morgan fingerprint density at radius 1 is 1.12 bits per heavy atom. The number of hydrogen-bond acceptors (Lipinski definition) is 10. The van der Waals surface area contributed by atoms with Gasteiger partial charge in [0.2, 0.25) is 5.91 Å². The second-order valence-corrected chi connectivity index (χ2v) is 15.4. The number of pyridine rings is 1. The Labute approximate surface area is 294 Å². The zero-order chi connectivity index (χ0) is 35.8. The molecule has 1 saturated heterocycles. The molecule has 12 atom stereocenters. The fraction of sp³-hybridized carbons (Fsp3) is 0.615. The first-order chi connectivity index (χ1) is 23.8. The van der Waals surface area contributed by atoms with Gasteiger partial charge < -0.3 is 34.5 Å². The van der Waals surface area contributed by atoms with E-state index in [-0.39, 0.29) is 47.5 Å². The van der Waals surface area contributed by atoms with Crippen LogP contribution in [0.1, 0.15) is 61.6 Å². The highest BCUT2D eigenvalue weighted by molar-refractivity contribution is 6.06. The summed E-state index contributed by atoms with van der Waals surface area (Å²) in [4.78, 5) is 33.9. The maximum atomic E-state index is 14.3. The normalized spacial score (nSPS) is 40.5. The third-order valence-electron chi connectivity index (χ3n) is 13.5. The first-order valence-corrected chi connectivity index (χ1v) is 17.8. The molecule has 2 aromatic rings. The van der Waals surface area contributed by atoms with E-state index < -0.39 is 40.2 Å². The Morgan fingerprint density at radius 2 is 1.88 bits per heavy atom. The molecule has 4 saturated carbocycles. The van der Waals surface area contributed by atoms with E-state index in [1.54, 1.807) is 57.9 Å². The van der Waals surface area contributed by atoms with Crippen LogP contribution in [0.15, 0.2) is 48.7 Å². The summed E-state index contributed by atoms with van der Waals surface area (Å²) in [6.07, 6.45) is 5.02. The number of rotatable bonds is 10. The summed E-state index contributed by atoms with van der Waals surface area (Å²) in [5, 5.41) is 28.7. The predicted molar refractivity (Wildman–Crippen MR) is 186 cm³/mol. The Morgan fingerprint density at radius 3 is 2.56 bits per heavy atom. The molecule has 3 N–H and O–H groups in total. The molecule has 4 aliphatic carbocycles. The third-order valence-corrected chi connectivity index (χ3v) is 13.5. The second-order valence-electron chi connectivity index (χ2n) is 15.4. The number of nitrogens with one attached hydrogen (secondary N) is 1. The number of likely N-dealkylation sites (N-methyl/N-ethyl adjacent to an activating group) is 1. The van der Waals surface area contributed by atoms with Gasteiger partial charge >= 0.3 is 5.97 Å². The molecule has 1 aromatic heterocycles. The summed E-state index contributed by atoms with van der Waals surface area (Å²) < 4.78 is 25.0. The van der Waals surface area contributed by atoms with Gasteiger partial charge in [0, 0.05) is 87.4 Å². The van der Waals surface area contributed by atoms with Crippen LogP contribution >= 0.6 is 0 Å². The lowest BCUT2D eigenvalue weighted by Gasteiger charge is -2.68. The minimum Gasteiger partial charge on any atom is -0.454 e. The molecule has 0 spiro atoms. The molecule has 270 valence electrons. The number of hydrogen-bond donors (Lipinski definition) is 3. The van der Waals surface area contributed by atoms with E-state index >= 15 is 0 Å². The molecular formula is C39H51N3O8. The number of anilines is 1. The Kier molecular flexibility index (Phi) is 8.80. The van der Waals surface area contributed by atoms with Crippen LogP contribution < -0.4 is 5.32 Å². The average Bonchev–Trinajstić information content (AvgIpc) is 3.54. The monoisotopic (exact) mass is 689 g/mol. The van der Waals surface area contributed by atoms with E-state index in [2.05, 4.69) is 29.0 Å². The molecule has 50 heavy (non-hydrogen) atoms. The lowest BCUT2D eigenvalue weighted by Crippen LogP contribution is -2.81. The molecule has 11 heteroatoms. The number of esters is 1. The number of methoxy groups -OCH3 is 3. The summed E-state index contributed by atoms with van der Waals surface area (Å²) in [5.74, 6) is -2.05. The number of aliphatic hydroxyl groups is 2. The molecule has 11 nitrogen and oxygen atoms in total. The Balaban J connectivity index is 1.25. The third kappa shape index (κ3) is 4.73. The van der Waals surface area contributed by atoms with Crippen molar-refractivity contribution in [2.75, 3.05) is 39.7 Å². The minimum absolute atomic E-state index is 0.114. The van der Waals surface area contributed by atoms with Crippen molar-refractivity contribution in [3.05, 3.63) is 65.5 Å². The number of amides is 1. The molecule has 5 aliphatic rings. The molecule has 7 rings (SSSR count). The van der Waals surface area contributed by atoms with E-state index in [1.165, 1.54) is 6.08 Å². The first-order valence-electron chi connectivity index (χ1n) is 17.8. The van der Waals surface area contributed by atoms with Crippen LogP contribution in [-0.4, -0.2) is 108 Å². The molecule has 2 heterocycles. The maximum Gasteiger partial charge on any atom is 0.340 e. The number of aryl methyl sites for hydroxylation is 1. The molecule has 1 aliphatic heterocycles. The Hall–Kier alpha value is -3.19. The van der Waals surface area contributed by atoms with Crippen LogP contribution in [0.4, 0.5) is 5.69 Å². The average molecular weight is 690 g/mol. The summed E-state index contributed by atoms with van der Waals surface area (Å²) in [6.45, 7) is 9.12. The number of fused-ring (bicyclic) bond motifs is 2. The summed E-state index contributed by atoms with van der Waals surface area (Å²) in [6, 6.07) is 10.4. The fourth-order valence-corrected chi connectivity index (χ4v) is 11.7. The molecule has 5 fully saturated rings. The zero-order valence-electron chi connectivity index (χ0n) is 30.1. The number of nitrogens with zero attached hydrogens (tertiary/aromatic N) is 2. The zero-order valence-corrected chi connectivity index (χ0v) is 30.1. The van der Waals surface area contributed by atoms with Gasteiger partial charge in [-0.05, 0) is 76.1 Å². The van der Waals surface area contributed by atoms with Gasteiger partial charge in [0.1, 0.15) is 16.8 Å². The summed E-state index contributed by atoms with van der Waals surface area (Å²) in [5.41, 5.74) is -2.45. The largest absolute Gasteiger partial charge is 0.454 e. The van der Waals surface area contributed by atoms with E-state index in [9.17, 15) is 19.8 Å². The van der Waals surface area contributed by atoms with Crippen LogP contribution in [0.3, 0.4) is 0 Å². The van der Waals surface area contributed by atoms with Gasteiger partial charge in [-0.15, -0.1) is 0 Å². The van der Waals surface area contributed by atoms with Crippen molar-refractivity contribution in [2.24, 2.45) is 29.1 Å².